The average molecular weight is 389 g/mol. The lowest BCUT2D eigenvalue weighted by Gasteiger charge is -2.10. The van der Waals surface area contributed by atoms with Gasteiger partial charge in [-0.05, 0) is 35.9 Å². The van der Waals surface area contributed by atoms with Crippen LogP contribution in [0.1, 0.15) is 17.4 Å². The maximum atomic E-state index is 13.5. The molecular formula is C16H13F2N7O3. The highest BCUT2D eigenvalue weighted by atomic mass is 19.1. The van der Waals surface area contributed by atoms with Gasteiger partial charge in [-0.2, -0.15) is 10.2 Å². The third-order valence-corrected chi connectivity index (χ3v) is 3.60. The van der Waals surface area contributed by atoms with Gasteiger partial charge in [0.15, 0.2) is 5.84 Å². The van der Waals surface area contributed by atoms with Gasteiger partial charge in [0, 0.05) is 13.1 Å². The Bertz CT molecular complexity index is 1160. The molecule has 0 unspecified atom stereocenters. The Morgan fingerprint density at radius 1 is 1.18 bits per heavy atom. The van der Waals surface area contributed by atoms with Crippen LogP contribution in [0.2, 0.25) is 0 Å². The molecule has 12 heteroatoms. The van der Waals surface area contributed by atoms with Crippen LogP contribution in [-0.2, 0) is 7.05 Å². The van der Waals surface area contributed by atoms with Gasteiger partial charge in [0.1, 0.15) is 11.6 Å². The van der Waals surface area contributed by atoms with Crippen LogP contribution in [0.15, 0.2) is 54.9 Å². The number of amides is 1. The summed E-state index contributed by atoms with van der Waals surface area (Å²) in [5, 5.41) is 16.9. The van der Waals surface area contributed by atoms with Crippen molar-refractivity contribution in [3.8, 4) is 5.69 Å². The van der Waals surface area contributed by atoms with Crippen molar-refractivity contribution in [2.24, 2.45) is 22.5 Å². The Labute approximate surface area is 155 Å². The molecule has 144 valence electrons. The summed E-state index contributed by atoms with van der Waals surface area (Å²) in [4.78, 5) is 37.5. The normalized spacial score (nSPS) is 13.6. The first kappa shape index (κ1) is 18.9. The SMILES string of the molecule is CC1=CC(NC(=O)c2nn(C)c(=O)n(-c3cc(F)cc(F)c3)c2=O)=NN=NC1. The average Bonchev–Trinajstić information content (AvgIpc) is 2.81. The van der Waals surface area contributed by atoms with E-state index < -0.39 is 34.5 Å². The number of carbonyl (C=O) groups is 1. The van der Waals surface area contributed by atoms with Crippen molar-refractivity contribution in [3.05, 3.63) is 68.0 Å². The van der Waals surface area contributed by atoms with E-state index in [0.29, 0.717) is 21.9 Å². The van der Waals surface area contributed by atoms with Crippen LogP contribution in [0, 0.1) is 11.6 Å². The molecular weight excluding hydrogens is 376 g/mol. The number of carbonyl (C=O) groups excluding carboxylic acids is 1. The Morgan fingerprint density at radius 3 is 2.54 bits per heavy atom. The zero-order valence-electron chi connectivity index (χ0n) is 14.7. The number of benzene rings is 1. The van der Waals surface area contributed by atoms with Gasteiger partial charge in [-0.15, -0.1) is 5.10 Å². The molecule has 1 aromatic carbocycles. The lowest BCUT2D eigenvalue weighted by molar-refractivity contribution is 0.0967. The molecule has 10 nitrogen and oxygen atoms in total. The number of aryl methyl sites for hydroxylation is 1. The number of nitrogens with one attached hydrogen (secondary N) is 1. The molecule has 0 spiro atoms. The Kier molecular flexibility index (Phi) is 5.02. The van der Waals surface area contributed by atoms with E-state index in [2.05, 4.69) is 25.9 Å². The van der Waals surface area contributed by atoms with E-state index in [1.54, 1.807) is 6.92 Å². The van der Waals surface area contributed by atoms with E-state index in [9.17, 15) is 23.2 Å². The number of aromatic nitrogens is 3. The Morgan fingerprint density at radius 2 is 1.86 bits per heavy atom. The van der Waals surface area contributed by atoms with Gasteiger partial charge in [-0.25, -0.2) is 22.8 Å². The highest BCUT2D eigenvalue weighted by Crippen LogP contribution is 2.09. The molecule has 0 bridgehead atoms. The van der Waals surface area contributed by atoms with Crippen molar-refractivity contribution in [2.75, 3.05) is 6.54 Å². The third kappa shape index (κ3) is 3.79. The monoisotopic (exact) mass is 389 g/mol. The lowest BCUT2D eigenvalue weighted by Crippen LogP contribution is -2.45. The number of hydrogen-bond acceptors (Lipinski definition) is 7. The molecule has 0 saturated heterocycles. The maximum absolute atomic E-state index is 13.5. The number of rotatable bonds is 2. The topological polar surface area (TPSA) is 123 Å². The van der Waals surface area contributed by atoms with Crippen LogP contribution in [0.25, 0.3) is 5.69 Å². The van der Waals surface area contributed by atoms with Gasteiger partial charge in [0.05, 0.1) is 12.2 Å². The van der Waals surface area contributed by atoms with E-state index >= 15 is 0 Å². The highest BCUT2D eigenvalue weighted by molar-refractivity contribution is 6.09. The van der Waals surface area contributed by atoms with E-state index in [0.717, 1.165) is 17.7 Å². The van der Waals surface area contributed by atoms with Gasteiger partial charge >= 0.3 is 5.69 Å². The standard InChI is InChI=1S/C16H13F2N7O3/c1-8-3-12(21-23-19-7-8)20-14(26)13-15(27)25(16(28)24(2)22-13)11-5-9(17)4-10(18)6-11/h3-6H,7H2,1-2H3,(H,19,20,21,26). The molecule has 3 rings (SSSR count). The summed E-state index contributed by atoms with van der Waals surface area (Å²) in [7, 11) is 1.19. The van der Waals surface area contributed by atoms with Crippen molar-refractivity contribution in [3.63, 3.8) is 0 Å². The van der Waals surface area contributed by atoms with Crippen LogP contribution >= 0.6 is 0 Å². The quantitative estimate of drug-likeness (QED) is 0.811. The number of amidine groups is 1. The maximum Gasteiger partial charge on any atom is 0.351 e. The number of nitrogens with zero attached hydrogens (tertiary/aromatic N) is 6. The largest absolute Gasteiger partial charge is 0.351 e. The van der Waals surface area contributed by atoms with Crippen molar-refractivity contribution >= 4 is 11.7 Å². The minimum atomic E-state index is -1.15. The van der Waals surface area contributed by atoms with Gasteiger partial charge in [-0.1, -0.05) is 0 Å². The fraction of sp³-hybridized carbons (Fsp3) is 0.188. The first-order chi connectivity index (χ1) is 13.3. The second-order valence-corrected chi connectivity index (χ2v) is 5.84. The first-order valence-electron chi connectivity index (χ1n) is 7.86. The Hall–Kier alpha value is -3.83. The second-order valence-electron chi connectivity index (χ2n) is 5.84. The molecule has 0 aliphatic carbocycles. The second kappa shape index (κ2) is 7.42. The third-order valence-electron chi connectivity index (χ3n) is 3.60. The fourth-order valence-corrected chi connectivity index (χ4v) is 2.38. The summed E-state index contributed by atoms with van der Waals surface area (Å²) in [6.07, 6.45) is 1.50. The van der Waals surface area contributed by atoms with Crippen LogP contribution in [0.4, 0.5) is 8.78 Å². The molecule has 0 atom stereocenters. The lowest BCUT2D eigenvalue weighted by atomic mass is 10.2. The fourth-order valence-electron chi connectivity index (χ4n) is 2.38. The van der Waals surface area contributed by atoms with Gasteiger partial charge in [-0.3, -0.25) is 9.59 Å². The molecule has 1 aliphatic heterocycles. The minimum Gasteiger partial charge on any atom is -0.303 e. The zero-order chi connectivity index (χ0) is 20.4. The molecule has 2 aromatic rings. The van der Waals surface area contributed by atoms with E-state index in [1.807, 2.05) is 0 Å². The number of halogens is 2. The molecule has 2 heterocycles. The van der Waals surface area contributed by atoms with Crippen LogP contribution in [0.5, 0.6) is 0 Å². The molecule has 0 saturated carbocycles. The highest BCUT2D eigenvalue weighted by Gasteiger charge is 2.21. The van der Waals surface area contributed by atoms with Crippen LogP contribution in [-0.4, -0.2) is 32.6 Å². The summed E-state index contributed by atoms with van der Waals surface area (Å²) in [6, 6.07) is 2.16. The van der Waals surface area contributed by atoms with Crippen molar-refractivity contribution < 1.29 is 13.6 Å². The molecule has 1 N–H and O–H groups in total. The first-order valence-corrected chi connectivity index (χ1v) is 7.86. The van der Waals surface area contributed by atoms with Crippen LogP contribution in [0.3, 0.4) is 0 Å². The zero-order valence-corrected chi connectivity index (χ0v) is 14.7. The molecule has 0 fully saturated rings. The molecule has 1 aromatic heterocycles. The van der Waals surface area contributed by atoms with E-state index in [-0.39, 0.29) is 11.5 Å². The van der Waals surface area contributed by atoms with Crippen molar-refractivity contribution in [2.45, 2.75) is 6.92 Å². The molecule has 0 radical (unpaired) electrons. The minimum absolute atomic E-state index is 0.0159. The van der Waals surface area contributed by atoms with Crippen molar-refractivity contribution in [1.82, 2.24) is 19.7 Å². The smallest absolute Gasteiger partial charge is 0.303 e. The number of hydrogen-bond donors (Lipinski definition) is 1. The molecule has 1 amide bonds. The predicted octanol–water partition coefficient (Wildman–Crippen LogP) is 0.665. The van der Waals surface area contributed by atoms with E-state index in [4.69, 9.17) is 0 Å². The van der Waals surface area contributed by atoms with E-state index in [1.165, 1.54) is 13.1 Å². The summed E-state index contributed by atoms with van der Waals surface area (Å²) in [5.74, 6) is -2.95. The van der Waals surface area contributed by atoms with Crippen molar-refractivity contribution in [1.29, 1.82) is 0 Å². The van der Waals surface area contributed by atoms with Gasteiger partial charge in [0.25, 0.3) is 11.5 Å². The summed E-state index contributed by atoms with van der Waals surface area (Å²) < 4.78 is 28.2. The predicted molar refractivity (Wildman–Crippen MR) is 93.4 cm³/mol. The van der Waals surface area contributed by atoms with Gasteiger partial charge < -0.3 is 5.32 Å². The van der Waals surface area contributed by atoms with Crippen LogP contribution < -0.4 is 16.6 Å². The molecule has 28 heavy (non-hydrogen) atoms. The molecule has 1 aliphatic rings. The van der Waals surface area contributed by atoms with Gasteiger partial charge in [0.2, 0.25) is 5.69 Å². The Balaban J connectivity index is 2.09. The summed E-state index contributed by atoms with van der Waals surface area (Å²) in [6.45, 7) is 2.03. The summed E-state index contributed by atoms with van der Waals surface area (Å²) >= 11 is 0. The summed E-state index contributed by atoms with van der Waals surface area (Å²) in [5.41, 5.74) is -2.44.